The molecule has 1 saturated carbocycles. The summed E-state index contributed by atoms with van der Waals surface area (Å²) in [6.45, 7) is 0. The first-order valence-electron chi connectivity index (χ1n) is 5.42. The molecule has 0 radical (unpaired) electrons. The first-order valence-corrected chi connectivity index (χ1v) is 6.54. The zero-order chi connectivity index (χ0) is 9.86. The molecule has 0 atom stereocenters. The fourth-order valence-electron chi connectivity index (χ4n) is 2.49. The summed E-state index contributed by atoms with van der Waals surface area (Å²) >= 11 is 3.68. The van der Waals surface area contributed by atoms with Crippen LogP contribution < -0.4 is 0 Å². The van der Waals surface area contributed by atoms with Gasteiger partial charge in [0, 0.05) is 5.33 Å². The molecule has 1 heterocycles. The second-order valence-corrected chi connectivity index (χ2v) is 5.06. The lowest BCUT2D eigenvalue weighted by molar-refractivity contribution is 0.223. The summed E-state index contributed by atoms with van der Waals surface area (Å²) in [5, 5.41) is 1.13. The predicted molar refractivity (Wildman–Crippen MR) is 61.7 cm³/mol. The highest BCUT2D eigenvalue weighted by Gasteiger charge is 2.31. The van der Waals surface area contributed by atoms with Gasteiger partial charge in [-0.1, -0.05) is 35.2 Å². The third-order valence-corrected chi connectivity index (χ3v) is 4.55. The minimum Gasteiger partial charge on any atom is -0.472 e. The van der Waals surface area contributed by atoms with E-state index in [9.17, 15) is 0 Å². The van der Waals surface area contributed by atoms with E-state index in [0.717, 1.165) is 5.33 Å². The molecule has 1 aromatic rings. The van der Waals surface area contributed by atoms with Crippen LogP contribution in [0.25, 0.3) is 0 Å². The topological polar surface area (TPSA) is 13.1 Å². The zero-order valence-corrected chi connectivity index (χ0v) is 10.1. The zero-order valence-electron chi connectivity index (χ0n) is 8.47. The Morgan fingerprint density at radius 3 is 2.64 bits per heavy atom. The SMILES string of the molecule is BrCC1(Cc2ccoc2)CCCCC1. The van der Waals surface area contributed by atoms with Crippen molar-refractivity contribution in [2.75, 3.05) is 5.33 Å². The Balaban J connectivity index is 2.04. The van der Waals surface area contributed by atoms with Crippen LogP contribution in [0.1, 0.15) is 37.7 Å². The van der Waals surface area contributed by atoms with Crippen LogP contribution in [-0.4, -0.2) is 5.33 Å². The maximum Gasteiger partial charge on any atom is 0.0934 e. The maximum atomic E-state index is 5.13. The third kappa shape index (κ3) is 2.22. The fourth-order valence-corrected chi connectivity index (χ4v) is 3.24. The highest BCUT2D eigenvalue weighted by atomic mass is 79.9. The normalized spacial score (nSPS) is 20.9. The number of halogens is 1. The Kier molecular flexibility index (Phi) is 3.32. The average molecular weight is 257 g/mol. The van der Waals surface area contributed by atoms with Crippen molar-refractivity contribution in [3.05, 3.63) is 24.2 Å². The van der Waals surface area contributed by atoms with Gasteiger partial charge in [-0.15, -0.1) is 0 Å². The molecule has 0 saturated heterocycles. The highest BCUT2D eigenvalue weighted by molar-refractivity contribution is 9.09. The van der Waals surface area contributed by atoms with Gasteiger partial charge >= 0.3 is 0 Å². The van der Waals surface area contributed by atoms with Crippen molar-refractivity contribution >= 4 is 15.9 Å². The van der Waals surface area contributed by atoms with Gasteiger partial charge in [-0.25, -0.2) is 0 Å². The number of rotatable bonds is 3. The van der Waals surface area contributed by atoms with Crippen LogP contribution in [0.5, 0.6) is 0 Å². The minimum absolute atomic E-state index is 0.502. The Morgan fingerprint density at radius 1 is 1.29 bits per heavy atom. The molecule has 2 heteroatoms. The molecule has 1 aliphatic rings. The predicted octanol–water partition coefficient (Wildman–Crippen LogP) is 4.17. The monoisotopic (exact) mass is 256 g/mol. The molecule has 0 aromatic carbocycles. The van der Waals surface area contributed by atoms with Crippen LogP contribution in [0.3, 0.4) is 0 Å². The van der Waals surface area contributed by atoms with E-state index < -0.39 is 0 Å². The van der Waals surface area contributed by atoms with E-state index in [1.165, 1.54) is 44.1 Å². The first kappa shape index (κ1) is 10.3. The molecular formula is C12H17BrO. The van der Waals surface area contributed by atoms with Crippen LogP contribution in [0.2, 0.25) is 0 Å². The third-order valence-electron chi connectivity index (χ3n) is 3.36. The van der Waals surface area contributed by atoms with Crippen molar-refractivity contribution in [1.29, 1.82) is 0 Å². The van der Waals surface area contributed by atoms with Gasteiger partial charge < -0.3 is 4.42 Å². The van der Waals surface area contributed by atoms with E-state index in [-0.39, 0.29) is 0 Å². The molecule has 0 bridgehead atoms. The van der Waals surface area contributed by atoms with E-state index in [1.807, 2.05) is 6.26 Å². The molecule has 0 N–H and O–H groups in total. The van der Waals surface area contributed by atoms with Gasteiger partial charge in [-0.3, -0.25) is 0 Å². The molecule has 1 aromatic heterocycles. The smallest absolute Gasteiger partial charge is 0.0934 e. The van der Waals surface area contributed by atoms with Crippen LogP contribution in [0, 0.1) is 5.41 Å². The molecule has 1 nitrogen and oxygen atoms in total. The highest BCUT2D eigenvalue weighted by Crippen LogP contribution is 2.40. The minimum atomic E-state index is 0.502. The Labute approximate surface area is 94.0 Å². The van der Waals surface area contributed by atoms with Crippen molar-refractivity contribution in [1.82, 2.24) is 0 Å². The lowest BCUT2D eigenvalue weighted by Crippen LogP contribution is -2.28. The number of furan rings is 1. The van der Waals surface area contributed by atoms with Crippen LogP contribution in [-0.2, 0) is 6.42 Å². The van der Waals surface area contributed by atoms with Gasteiger partial charge in [-0.05, 0) is 36.3 Å². The fraction of sp³-hybridized carbons (Fsp3) is 0.667. The van der Waals surface area contributed by atoms with E-state index in [0.29, 0.717) is 5.41 Å². The van der Waals surface area contributed by atoms with Crippen LogP contribution in [0.4, 0.5) is 0 Å². The largest absolute Gasteiger partial charge is 0.472 e. The van der Waals surface area contributed by atoms with E-state index >= 15 is 0 Å². The van der Waals surface area contributed by atoms with Crippen molar-refractivity contribution in [3.63, 3.8) is 0 Å². The van der Waals surface area contributed by atoms with Gasteiger partial charge in [-0.2, -0.15) is 0 Å². The summed E-state index contributed by atoms with van der Waals surface area (Å²) < 4.78 is 5.13. The molecule has 0 aliphatic heterocycles. The second kappa shape index (κ2) is 4.52. The second-order valence-electron chi connectivity index (χ2n) is 4.50. The Hall–Kier alpha value is -0.240. The molecule has 1 fully saturated rings. The number of alkyl halides is 1. The first-order chi connectivity index (χ1) is 6.85. The Morgan fingerprint density at radius 2 is 2.07 bits per heavy atom. The maximum absolute atomic E-state index is 5.13. The van der Waals surface area contributed by atoms with Crippen molar-refractivity contribution < 1.29 is 4.42 Å². The van der Waals surface area contributed by atoms with Gasteiger partial charge in [0.05, 0.1) is 12.5 Å². The molecule has 1 aliphatic carbocycles. The molecule has 2 rings (SSSR count). The molecule has 78 valence electrons. The van der Waals surface area contributed by atoms with Crippen molar-refractivity contribution in [2.24, 2.45) is 5.41 Å². The van der Waals surface area contributed by atoms with Crippen molar-refractivity contribution in [3.8, 4) is 0 Å². The molecular weight excluding hydrogens is 240 g/mol. The summed E-state index contributed by atoms with van der Waals surface area (Å²) in [6.07, 6.45) is 11.8. The summed E-state index contributed by atoms with van der Waals surface area (Å²) in [5.74, 6) is 0. The number of hydrogen-bond donors (Lipinski definition) is 0. The van der Waals surface area contributed by atoms with Gasteiger partial charge in [0.1, 0.15) is 0 Å². The molecule has 0 spiro atoms. The van der Waals surface area contributed by atoms with Gasteiger partial charge in [0.2, 0.25) is 0 Å². The van der Waals surface area contributed by atoms with Crippen LogP contribution >= 0.6 is 15.9 Å². The average Bonchev–Trinajstić information content (AvgIpc) is 2.72. The molecule has 0 unspecified atom stereocenters. The summed E-state index contributed by atoms with van der Waals surface area (Å²) in [6, 6.07) is 2.10. The van der Waals surface area contributed by atoms with E-state index in [1.54, 1.807) is 6.26 Å². The van der Waals surface area contributed by atoms with E-state index in [4.69, 9.17) is 4.42 Å². The standard InChI is InChI=1S/C12H17BrO/c13-10-12(5-2-1-3-6-12)8-11-4-7-14-9-11/h4,7,9H,1-3,5-6,8,10H2. The van der Waals surface area contributed by atoms with E-state index in [2.05, 4.69) is 22.0 Å². The summed E-state index contributed by atoms with van der Waals surface area (Å²) in [4.78, 5) is 0. The Bertz CT molecular complexity index is 260. The quantitative estimate of drug-likeness (QED) is 0.741. The van der Waals surface area contributed by atoms with Gasteiger partial charge in [0.25, 0.3) is 0 Å². The molecule has 0 amide bonds. The lowest BCUT2D eigenvalue weighted by atomic mass is 9.72. The van der Waals surface area contributed by atoms with Gasteiger partial charge in [0.15, 0.2) is 0 Å². The summed E-state index contributed by atoms with van der Waals surface area (Å²) in [5.41, 5.74) is 1.86. The molecule has 14 heavy (non-hydrogen) atoms. The van der Waals surface area contributed by atoms with Crippen molar-refractivity contribution in [2.45, 2.75) is 38.5 Å². The lowest BCUT2D eigenvalue weighted by Gasteiger charge is -2.35. The number of hydrogen-bond acceptors (Lipinski definition) is 1. The van der Waals surface area contributed by atoms with Crippen LogP contribution in [0.15, 0.2) is 23.0 Å². The summed E-state index contributed by atoms with van der Waals surface area (Å²) in [7, 11) is 0.